The summed E-state index contributed by atoms with van der Waals surface area (Å²) in [5, 5.41) is 0. The Bertz CT molecular complexity index is 671. The first-order valence-electron chi connectivity index (χ1n) is 8.56. The highest BCUT2D eigenvalue weighted by Crippen LogP contribution is 2.35. The molecule has 0 aliphatic carbocycles. The SMILES string of the molecule is CN(C)c1cncc(C2CCCN2C2CCN(S(C)(=O)=O)CC2)n1. The predicted octanol–water partition coefficient (Wildman–Crippen LogP) is 1.10. The Morgan fingerprint density at radius 1 is 1.12 bits per heavy atom. The summed E-state index contributed by atoms with van der Waals surface area (Å²) in [6.45, 7) is 2.30. The summed E-state index contributed by atoms with van der Waals surface area (Å²) in [5.41, 5.74) is 1.03. The summed E-state index contributed by atoms with van der Waals surface area (Å²) in [6.07, 6.45) is 9.00. The molecule has 3 heterocycles. The van der Waals surface area contributed by atoms with Gasteiger partial charge >= 0.3 is 0 Å². The molecule has 3 rings (SSSR count). The standard InChI is InChI=1S/C16H27N5O2S/c1-19(2)16-12-17-11-14(18-16)15-5-4-8-21(15)13-6-9-20(10-7-13)24(3,22)23/h11-13,15H,4-10H2,1-3H3. The number of sulfonamides is 1. The summed E-state index contributed by atoms with van der Waals surface area (Å²) in [7, 11) is 0.880. The quantitative estimate of drug-likeness (QED) is 0.807. The summed E-state index contributed by atoms with van der Waals surface area (Å²) in [5.74, 6) is 0.881. The van der Waals surface area contributed by atoms with Crippen molar-refractivity contribution in [1.29, 1.82) is 0 Å². The molecule has 1 atom stereocenters. The zero-order valence-corrected chi connectivity index (χ0v) is 15.5. The first-order valence-corrected chi connectivity index (χ1v) is 10.4. The second-order valence-electron chi connectivity index (χ2n) is 6.99. The first kappa shape index (κ1) is 17.6. The van der Waals surface area contributed by atoms with Crippen LogP contribution in [-0.2, 0) is 10.0 Å². The lowest BCUT2D eigenvalue weighted by Gasteiger charge is -2.38. The summed E-state index contributed by atoms with van der Waals surface area (Å²) < 4.78 is 25.0. The number of piperidine rings is 1. The Labute approximate surface area is 144 Å². The van der Waals surface area contributed by atoms with Crippen molar-refractivity contribution in [3.63, 3.8) is 0 Å². The minimum Gasteiger partial charge on any atom is -0.361 e. The predicted molar refractivity (Wildman–Crippen MR) is 94.5 cm³/mol. The van der Waals surface area contributed by atoms with Gasteiger partial charge < -0.3 is 4.90 Å². The van der Waals surface area contributed by atoms with Gasteiger partial charge in [0.15, 0.2) is 0 Å². The average Bonchev–Trinajstić information content (AvgIpc) is 3.04. The van der Waals surface area contributed by atoms with Gasteiger partial charge in [-0.2, -0.15) is 0 Å². The van der Waals surface area contributed by atoms with Crippen molar-refractivity contribution in [2.45, 2.75) is 37.8 Å². The number of nitrogens with zero attached hydrogens (tertiary/aromatic N) is 5. The van der Waals surface area contributed by atoms with Crippen LogP contribution in [0.4, 0.5) is 5.82 Å². The fraction of sp³-hybridized carbons (Fsp3) is 0.750. The van der Waals surface area contributed by atoms with E-state index in [1.165, 1.54) is 6.26 Å². The molecule has 0 spiro atoms. The van der Waals surface area contributed by atoms with E-state index >= 15 is 0 Å². The molecule has 1 aromatic rings. The zero-order valence-electron chi connectivity index (χ0n) is 14.7. The maximum atomic E-state index is 11.7. The van der Waals surface area contributed by atoms with Crippen molar-refractivity contribution in [3.05, 3.63) is 18.1 Å². The van der Waals surface area contributed by atoms with Crippen molar-refractivity contribution >= 4 is 15.8 Å². The van der Waals surface area contributed by atoms with E-state index in [1.807, 2.05) is 25.2 Å². The van der Waals surface area contributed by atoms with Crippen molar-refractivity contribution in [2.24, 2.45) is 0 Å². The molecule has 1 unspecified atom stereocenters. The molecule has 0 saturated carbocycles. The lowest BCUT2D eigenvalue weighted by atomic mass is 10.0. The summed E-state index contributed by atoms with van der Waals surface area (Å²) >= 11 is 0. The van der Waals surface area contributed by atoms with Crippen LogP contribution in [-0.4, -0.2) is 73.6 Å². The Morgan fingerprint density at radius 2 is 1.83 bits per heavy atom. The van der Waals surface area contributed by atoms with E-state index in [-0.39, 0.29) is 0 Å². The molecule has 24 heavy (non-hydrogen) atoms. The van der Waals surface area contributed by atoms with Crippen LogP contribution in [0, 0.1) is 0 Å². The summed E-state index contributed by atoms with van der Waals surface area (Å²) in [6, 6.07) is 0.729. The van der Waals surface area contributed by atoms with E-state index in [9.17, 15) is 8.42 Å². The minimum atomic E-state index is -3.07. The van der Waals surface area contributed by atoms with Gasteiger partial charge in [0.05, 0.1) is 30.4 Å². The molecule has 0 radical (unpaired) electrons. The molecule has 2 saturated heterocycles. The molecular weight excluding hydrogens is 326 g/mol. The van der Waals surface area contributed by atoms with Gasteiger partial charge in [-0.3, -0.25) is 9.88 Å². The molecule has 0 aromatic carbocycles. The highest BCUT2D eigenvalue weighted by atomic mass is 32.2. The molecule has 0 N–H and O–H groups in total. The van der Waals surface area contributed by atoms with Crippen LogP contribution < -0.4 is 4.90 Å². The third-order valence-electron chi connectivity index (χ3n) is 5.10. The minimum absolute atomic E-state index is 0.298. The van der Waals surface area contributed by atoms with Crippen LogP contribution in [0.2, 0.25) is 0 Å². The number of aromatic nitrogens is 2. The topological polar surface area (TPSA) is 69.6 Å². The second-order valence-corrected chi connectivity index (χ2v) is 8.97. The average molecular weight is 353 g/mol. The van der Waals surface area contributed by atoms with Gasteiger partial charge in [0, 0.05) is 33.2 Å². The van der Waals surface area contributed by atoms with Gasteiger partial charge in [-0.25, -0.2) is 17.7 Å². The molecule has 0 bridgehead atoms. The van der Waals surface area contributed by atoms with E-state index in [4.69, 9.17) is 4.98 Å². The molecule has 2 fully saturated rings. The number of likely N-dealkylation sites (tertiary alicyclic amines) is 1. The first-order chi connectivity index (χ1) is 11.4. The van der Waals surface area contributed by atoms with Crippen LogP contribution in [0.3, 0.4) is 0 Å². The van der Waals surface area contributed by atoms with E-state index in [0.717, 1.165) is 43.7 Å². The van der Waals surface area contributed by atoms with Crippen molar-refractivity contribution in [3.8, 4) is 0 Å². The Kier molecular flexibility index (Phi) is 5.08. The maximum absolute atomic E-state index is 11.7. The smallest absolute Gasteiger partial charge is 0.211 e. The second kappa shape index (κ2) is 6.93. The van der Waals surface area contributed by atoms with Crippen LogP contribution >= 0.6 is 0 Å². The van der Waals surface area contributed by atoms with Gasteiger partial charge in [-0.1, -0.05) is 0 Å². The van der Waals surface area contributed by atoms with Crippen LogP contribution in [0.15, 0.2) is 12.4 Å². The fourth-order valence-electron chi connectivity index (χ4n) is 3.80. The number of anilines is 1. The zero-order chi connectivity index (χ0) is 17.3. The van der Waals surface area contributed by atoms with E-state index in [0.29, 0.717) is 25.2 Å². The molecule has 0 amide bonds. The molecule has 2 aliphatic rings. The largest absolute Gasteiger partial charge is 0.361 e. The van der Waals surface area contributed by atoms with Crippen LogP contribution in [0.25, 0.3) is 0 Å². The maximum Gasteiger partial charge on any atom is 0.211 e. The highest BCUT2D eigenvalue weighted by molar-refractivity contribution is 7.88. The fourth-order valence-corrected chi connectivity index (χ4v) is 4.67. The van der Waals surface area contributed by atoms with E-state index in [1.54, 1.807) is 10.5 Å². The highest BCUT2D eigenvalue weighted by Gasteiger charge is 2.36. The molecule has 134 valence electrons. The Hall–Kier alpha value is -1.25. The number of hydrogen-bond donors (Lipinski definition) is 0. The Balaban J connectivity index is 1.71. The van der Waals surface area contributed by atoms with Crippen LogP contribution in [0.1, 0.15) is 37.4 Å². The Morgan fingerprint density at radius 3 is 2.46 bits per heavy atom. The molecule has 7 nitrogen and oxygen atoms in total. The van der Waals surface area contributed by atoms with Gasteiger partial charge in [0.2, 0.25) is 10.0 Å². The van der Waals surface area contributed by atoms with E-state index in [2.05, 4.69) is 9.88 Å². The lowest BCUT2D eigenvalue weighted by Crippen LogP contribution is -2.46. The number of rotatable bonds is 4. The molecule has 8 heteroatoms. The number of hydrogen-bond acceptors (Lipinski definition) is 6. The summed E-state index contributed by atoms with van der Waals surface area (Å²) in [4.78, 5) is 13.6. The van der Waals surface area contributed by atoms with Crippen molar-refractivity contribution < 1.29 is 8.42 Å². The normalized spacial score (nSPS) is 24.4. The molecular formula is C16H27N5O2S. The van der Waals surface area contributed by atoms with Crippen molar-refractivity contribution in [1.82, 2.24) is 19.2 Å². The molecule has 1 aromatic heterocycles. The third kappa shape index (κ3) is 3.70. The van der Waals surface area contributed by atoms with Crippen LogP contribution in [0.5, 0.6) is 0 Å². The molecule has 2 aliphatic heterocycles. The van der Waals surface area contributed by atoms with Gasteiger partial charge in [-0.15, -0.1) is 0 Å². The third-order valence-corrected chi connectivity index (χ3v) is 6.40. The van der Waals surface area contributed by atoms with E-state index < -0.39 is 10.0 Å². The monoisotopic (exact) mass is 353 g/mol. The lowest BCUT2D eigenvalue weighted by molar-refractivity contribution is 0.125. The van der Waals surface area contributed by atoms with Gasteiger partial charge in [0.1, 0.15) is 5.82 Å². The van der Waals surface area contributed by atoms with Gasteiger partial charge in [-0.05, 0) is 32.2 Å². The van der Waals surface area contributed by atoms with Crippen molar-refractivity contribution in [2.75, 3.05) is 44.9 Å². The van der Waals surface area contributed by atoms with Gasteiger partial charge in [0.25, 0.3) is 0 Å².